The van der Waals surface area contributed by atoms with Gasteiger partial charge < -0.3 is 9.88 Å². The molecule has 0 saturated heterocycles. The zero-order valence-electron chi connectivity index (χ0n) is 11.9. The molecule has 0 unspecified atom stereocenters. The number of thiazole rings is 1. The predicted molar refractivity (Wildman–Crippen MR) is 84.7 cm³/mol. The summed E-state index contributed by atoms with van der Waals surface area (Å²) in [4.78, 5) is 4.62. The maximum absolute atomic E-state index is 4.62. The molecule has 21 heavy (non-hydrogen) atoms. The van der Waals surface area contributed by atoms with Crippen LogP contribution in [-0.4, -0.2) is 26.3 Å². The van der Waals surface area contributed by atoms with E-state index in [1.54, 1.807) is 11.3 Å². The van der Waals surface area contributed by atoms with Crippen LogP contribution in [0, 0.1) is 12.8 Å². The minimum absolute atomic E-state index is 0.610. The second-order valence-corrected chi connectivity index (χ2v) is 6.58. The van der Waals surface area contributed by atoms with Crippen molar-refractivity contribution in [1.29, 1.82) is 0 Å². The van der Waals surface area contributed by atoms with Gasteiger partial charge in [0.1, 0.15) is 11.6 Å². The van der Waals surface area contributed by atoms with Gasteiger partial charge in [-0.1, -0.05) is 23.5 Å². The fraction of sp³-hybridized carbons (Fsp3) is 0.400. The van der Waals surface area contributed by atoms with Crippen LogP contribution in [0.5, 0.6) is 0 Å². The van der Waals surface area contributed by atoms with E-state index < -0.39 is 0 Å². The van der Waals surface area contributed by atoms with E-state index in [0.29, 0.717) is 5.92 Å². The van der Waals surface area contributed by atoms with Crippen LogP contribution in [0.15, 0.2) is 24.3 Å². The minimum atomic E-state index is 0.610. The maximum atomic E-state index is 4.62. The third-order valence-electron chi connectivity index (χ3n) is 4.07. The second-order valence-electron chi connectivity index (χ2n) is 5.55. The molecule has 4 rings (SSSR count). The number of aryl methyl sites for hydroxylation is 2. The first kappa shape index (κ1) is 12.8. The summed E-state index contributed by atoms with van der Waals surface area (Å²) >= 11 is 1.72. The minimum Gasteiger partial charge on any atom is -0.361 e. The molecule has 0 amide bonds. The van der Waals surface area contributed by atoms with Crippen molar-refractivity contribution in [3.63, 3.8) is 0 Å². The van der Waals surface area contributed by atoms with Gasteiger partial charge in [0.25, 0.3) is 0 Å². The molecule has 3 aromatic rings. The Balaban J connectivity index is 1.44. The molecule has 0 saturated carbocycles. The predicted octanol–water partition coefficient (Wildman–Crippen LogP) is 2.87. The zero-order valence-corrected chi connectivity index (χ0v) is 12.7. The molecule has 1 aliphatic rings. The smallest absolute Gasteiger partial charge is 0.183 e. The number of nitrogens with zero attached hydrogens (tertiary/aromatic N) is 4. The number of nitrogens with one attached hydrogen (secondary N) is 1. The summed E-state index contributed by atoms with van der Waals surface area (Å²) in [6.45, 7) is 3.99. The van der Waals surface area contributed by atoms with Gasteiger partial charge >= 0.3 is 0 Å². The second kappa shape index (κ2) is 5.11. The molecular formula is C15H17N5S. The van der Waals surface area contributed by atoms with Crippen molar-refractivity contribution in [3.8, 4) is 0 Å². The average Bonchev–Trinajstić information content (AvgIpc) is 3.09. The van der Waals surface area contributed by atoms with Crippen molar-refractivity contribution >= 4 is 26.7 Å². The van der Waals surface area contributed by atoms with Crippen LogP contribution >= 0.6 is 11.3 Å². The van der Waals surface area contributed by atoms with Crippen LogP contribution in [0.25, 0.3) is 10.2 Å². The topological polar surface area (TPSA) is 55.6 Å². The first-order valence-corrected chi connectivity index (χ1v) is 8.09. The van der Waals surface area contributed by atoms with Crippen LogP contribution in [0.3, 0.4) is 0 Å². The van der Waals surface area contributed by atoms with Crippen LogP contribution in [0.4, 0.5) is 5.13 Å². The van der Waals surface area contributed by atoms with Crippen molar-refractivity contribution in [1.82, 2.24) is 19.7 Å². The lowest BCUT2D eigenvalue weighted by molar-refractivity contribution is 0.377. The van der Waals surface area contributed by atoms with Crippen LogP contribution < -0.4 is 5.32 Å². The number of rotatable bonds is 3. The lowest BCUT2D eigenvalue weighted by Gasteiger charge is -2.23. The number of para-hydroxylation sites is 1. The molecular weight excluding hydrogens is 282 g/mol. The Labute approximate surface area is 127 Å². The summed E-state index contributed by atoms with van der Waals surface area (Å²) in [5.74, 6) is 2.76. The molecule has 0 fully saturated rings. The lowest BCUT2D eigenvalue weighted by Crippen LogP contribution is -2.26. The molecule has 1 N–H and O–H groups in total. The maximum Gasteiger partial charge on any atom is 0.183 e. The van der Waals surface area contributed by atoms with E-state index in [1.165, 1.54) is 4.70 Å². The van der Waals surface area contributed by atoms with E-state index in [0.717, 1.165) is 48.2 Å². The molecule has 0 bridgehead atoms. The molecule has 0 aliphatic carbocycles. The van der Waals surface area contributed by atoms with Crippen molar-refractivity contribution in [2.45, 2.75) is 26.3 Å². The summed E-state index contributed by atoms with van der Waals surface area (Å²) in [5.41, 5.74) is 1.07. The van der Waals surface area contributed by atoms with Gasteiger partial charge in [0.2, 0.25) is 0 Å². The fourth-order valence-electron chi connectivity index (χ4n) is 2.88. The summed E-state index contributed by atoms with van der Waals surface area (Å²) in [6, 6.07) is 8.26. The van der Waals surface area contributed by atoms with E-state index in [-0.39, 0.29) is 0 Å². The van der Waals surface area contributed by atoms with Gasteiger partial charge in [-0.2, -0.15) is 0 Å². The van der Waals surface area contributed by atoms with Gasteiger partial charge in [0.05, 0.1) is 10.2 Å². The largest absolute Gasteiger partial charge is 0.361 e. The normalized spacial score (nSPS) is 17.9. The zero-order chi connectivity index (χ0) is 14.2. The third kappa shape index (κ3) is 2.40. The van der Waals surface area contributed by atoms with Gasteiger partial charge in [-0.05, 0) is 31.4 Å². The van der Waals surface area contributed by atoms with E-state index in [2.05, 4.69) is 43.3 Å². The Kier molecular flexibility index (Phi) is 3.11. The van der Waals surface area contributed by atoms with E-state index >= 15 is 0 Å². The quantitative estimate of drug-likeness (QED) is 0.808. The van der Waals surface area contributed by atoms with Crippen LogP contribution in [-0.2, 0) is 13.0 Å². The number of hydrogen-bond acceptors (Lipinski definition) is 5. The molecule has 2 aromatic heterocycles. The molecule has 6 heteroatoms. The molecule has 1 atom stereocenters. The van der Waals surface area contributed by atoms with Gasteiger partial charge in [0, 0.05) is 19.5 Å². The Morgan fingerprint density at radius 3 is 3.14 bits per heavy atom. The highest BCUT2D eigenvalue weighted by atomic mass is 32.1. The van der Waals surface area contributed by atoms with Gasteiger partial charge in [-0.15, -0.1) is 10.2 Å². The highest BCUT2D eigenvalue weighted by Crippen LogP contribution is 2.26. The molecule has 0 radical (unpaired) electrons. The van der Waals surface area contributed by atoms with Crippen molar-refractivity contribution < 1.29 is 0 Å². The Hall–Kier alpha value is -1.95. The fourth-order valence-corrected chi connectivity index (χ4v) is 3.75. The molecule has 0 spiro atoms. The summed E-state index contributed by atoms with van der Waals surface area (Å²) in [7, 11) is 0. The molecule has 5 nitrogen and oxygen atoms in total. The summed E-state index contributed by atoms with van der Waals surface area (Å²) in [6.07, 6.45) is 2.18. The standard InChI is InChI=1S/C15H17N5S/c1-10-18-19-14-7-6-11(9-20(10)14)8-16-15-17-12-4-2-3-5-13(12)21-15/h2-5,11H,6-9H2,1H3,(H,16,17)/t11-/m1/s1. The summed E-state index contributed by atoms with van der Waals surface area (Å²) in [5, 5.41) is 12.9. The molecule has 1 aromatic carbocycles. The van der Waals surface area contributed by atoms with Crippen molar-refractivity contribution in [3.05, 3.63) is 35.9 Å². The highest BCUT2D eigenvalue weighted by Gasteiger charge is 2.21. The number of fused-ring (bicyclic) bond motifs is 2. The number of aromatic nitrogens is 4. The molecule has 3 heterocycles. The Morgan fingerprint density at radius 2 is 2.24 bits per heavy atom. The van der Waals surface area contributed by atoms with Crippen molar-refractivity contribution in [2.24, 2.45) is 5.92 Å². The summed E-state index contributed by atoms with van der Waals surface area (Å²) < 4.78 is 3.48. The monoisotopic (exact) mass is 299 g/mol. The van der Waals surface area contributed by atoms with Crippen LogP contribution in [0.2, 0.25) is 0 Å². The number of benzene rings is 1. The van der Waals surface area contributed by atoms with E-state index in [1.807, 2.05) is 13.0 Å². The van der Waals surface area contributed by atoms with E-state index in [4.69, 9.17) is 0 Å². The van der Waals surface area contributed by atoms with Gasteiger partial charge in [-0.3, -0.25) is 0 Å². The van der Waals surface area contributed by atoms with Crippen LogP contribution in [0.1, 0.15) is 18.1 Å². The number of hydrogen-bond donors (Lipinski definition) is 1. The highest BCUT2D eigenvalue weighted by molar-refractivity contribution is 7.22. The Morgan fingerprint density at radius 1 is 1.33 bits per heavy atom. The first-order chi connectivity index (χ1) is 10.3. The van der Waals surface area contributed by atoms with Crippen molar-refractivity contribution in [2.75, 3.05) is 11.9 Å². The van der Waals surface area contributed by atoms with Gasteiger partial charge in [-0.25, -0.2) is 4.98 Å². The molecule has 108 valence electrons. The lowest BCUT2D eigenvalue weighted by atomic mass is 9.99. The first-order valence-electron chi connectivity index (χ1n) is 7.28. The van der Waals surface area contributed by atoms with E-state index in [9.17, 15) is 0 Å². The SMILES string of the molecule is Cc1nnc2n1C[C@@H](CNc1nc3ccccc3s1)CC2. The number of anilines is 1. The average molecular weight is 299 g/mol. The molecule has 1 aliphatic heterocycles. The van der Waals surface area contributed by atoms with Gasteiger partial charge in [0.15, 0.2) is 5.13 Å². The Bertz CT molecular complexity index is 742. The third-order valence-corrected chi connectivity index (χ3v) is 5.06.